The number of nitrogens with zero attached hydrogens (tertiary/aromatic N) is 2. The van der Waals surface area contributed by atoms with E-state index in [1.165, 1.54) is 36.4 Å². The van der Waals surface area contributed by atoms with Crippen molar-refractivity contribution in [1.29, 1.82) is 0 Å². The second kappa shape index (κ2) is 10.3. The van der Waals surface area contributed by atoms with E-state index in [1.807, 2.05) is 6.08 Å². The highest BCUT2D eigenvalue weighted by Crippen LogP contribution is 2.22. The van der Waals surface area contributed by atoms with E-state index in [1.54, 1.807) is 12.4 Å². The van der Waals surface area contributed by atoms with Gasteiger partial charge < -0.3 is 0 Å². The second-order valence-electron chi connectivity index (χ2n) is 7.82. The summed E-state index contributed by atoms with van der Waals surface area (Å²) in [6, 6.07) is 9.36. The van der Waals surface area contributed by atoms with E-state index >= 15 is 0 Å². The molecular weight excluding hydrogens is 440 g/mol. The molecule has 0 atom stereocenters. The highest BCUT2D eigenvalue weighted by Gasteiger charge is 2.11. The van der Waals surface area contributed by atoms with Gasteiger partial charge in [-0.1, -0.05) is 30.0 Å². The molecule has 0 amide bonds. The molecule has 0 saturated heterocycles. The van der Waals surface area contributed by atoms with Crippen molar-refractivity contribution >= 4 is 10.8 Å². The quantitative estimate of drug-likeness (QED) is 0.187. The molecule has 0 fully saturated rings. The zero-order chi connectivity index (χ0) is 24.1. The van der Waals surface area contributed by atoms with Gasteiger partial charge in [-0.15, -0.1) is 6.58 Å². The van der Waals surface area contributed by atoms with Gasteiger partial charge in [0.05, 0.1) is 5.56 Å². The van der Waals surface area contributed by atoms with Crippen molar-refractivity contribution in [2.75, 3.05) is 0 Å². The fourth-order valence-electron chi connectivity index (χ4n) is 3.53. The zero-order valence-corrected chi connectivity index (χ0v) is 18.2. The maximum Gasteiger partial charge on any atom is 0.166 e. The molecule has 1 aromatic heterocycles. The van der Waals surface area contributed by atoms with Gasteiger partial charge in [0.15, 0.2) is 11.6 Å². The molecule has 0 saturated carbocycles. The van der Waals surface area contributed by atoms with Gasteiger partial charge in [-0.3, -0.25) is 0 Å². The molecule has 0 N–H and O–H groups in total. The minimum Gasteiger partial charge on any atom is -0.241 e. The van der Waals surface area contributed by atoms with Gasteiger partial charge in [0.1, 0.15) is 17.5 Å². The third kappa shape index (κ3) is 5.32. The maximum atomic E-state index is 14.6. The summed E-state index contributed by atoms with van der Waals surface area (Å²) in [4.78, 5) is 8.61. The first-order chi connectivity index (χ1) is 16.4. The monoisotopic (exact) mass is 460 g/mol. The Bertz CT molecular complexity index is 1390. The fraction of sp³-hybridized carbons (Fsp3) is 0.143. The Kier molecular flexibility index (Phi) is 7.03. The van der Waals surface area contributed by atoms with Gasteiger partial charge in [-0.25, -0.2) is 27.5 Å². The maximum absolute atomic E-state index is 14.6. The molecule has 3 aromatic carbocycles. The molecule has 0 spiro atoms. The van der Waals surface area contributed by atoms with Crippen molar-refractivity contribution in [3.63, 3.8) is 0 Å². The van der Waals surface area contributed by atoms with Crippen LogP contribution in [0.1, 0.15) is 34.5 Å². The van der Waals surface area contributed by atoms with Crippen molar-refractivity contribution in [3.8, 4) is 11.8 Å². The summed E-state index contributed by atoms with van der Waals surface area (Å²) in [6.45, 7) is 3.69. The van der Waals surface area contributed by atoms with E-state index in [2.05, 4.69) is 28.4 Å². The molecular formula is C28H20F4N2. The molecule has 0 aliphatic carbocycles. The van der Waals surface area contributed by atoms with Crippen molar-refractivity contribution in [2.24, 2.45) is 0 Å². The Morgan fingerprint density at radius 2 is 1.50 bits per heavy atom. The van der Waals surface area contributed by atoms with Crippen molar-refractivity contribution in [2.45, 2.75) is 25.7 Å². The van der Waals surface area contributed by atoms with Crippen LogP contribution in [-0.2, 0) is 19.3 Å². The van der Waals surface area contributed by atoms with E-state index < -0.39 is 23.3 Å². The number of fused-ring (bicyclic) bond motifs is 1. The van der Waals surface area contributed by atoms with Gasteiger partial charge in [-0.2, -0.15) is 0 Å². The van der Waals surface area contributed by atoms with E-state index in [4.69, 9.17) is 0 Å². The number of aryl methyl sites for hydroxylation is 3. The van der Waals surface area contributed by atoms with E-state index in [-0.39, 0.29) is 10.9 Å². The molecule has 0 radical (unpaired) electrons. The molecule has 1 heterocycles. The zero-order valence-electron chi connectivity index (χ0n) is 18.2. The third-order valence-corrected chi connectivity index (χ3v) is 5.37. The number of rotatable bonds is 6. The van der Waals surface area contributed by atoms with Crippen molar-refractivity contribution < 1.29 is 17.6 Å². The molecule has 34 heavy (non-hydrogen) atoms. The molecule has 170 valence electrons. The summed E-state index contributed by atoms with van der Waals surface area (Å²) in [5.41, 5.74) is 1.56. The lowest BCUT2D eigenvalue weighted by Gasteiger charge is -2.05. The molecule has 4 aromatic rings. The number of hydrogen-bond acceptors (Lipinski definition) is 2. The number of halogens is 4. The predicted octanol–water partition coefficient (Wildman–Crippen LogP) is 6.49. The van der Waals surface area contributed by atoms with Crippen LogP contribution >= 0.6 is 0 Å². The normalized spacial score (nSPS) is 10.7. The van der Waals surface area contributed by atoms with Crippen LogP contribution in [0.4, 0.5) is 17.6 Å². The number of benzene rings is 3. The first-order valence-corrected chi connectivity index (χ1v) is 10.7. The van der Waals surface area contributed by atoms with Crippen molar-refractivity contribution in [3.05, 3.63) is 119 Å². The highest BCUT2D eigenvalue weighted by atomic mass is 19.2. The number of hydrogen-bond donors (Lipinski definition) is 0. The lowest BCUT2D eigenvalue weighted by molar-refractivity contribution is 0.517. The second-order valence-corrected chi connectivity index (χ2v) is 7.82. The van der Waals surface area contributed by atoms with E-state index in [0.29, 0.717) is 35.2 Å². The van der Waals surface area contributed by atoms with E-state index in [0.717, 1.165) is 24.5 Å². The number of aromatic nitrogens is 2. The fourth-order valence-corrected chi connectivity index (χ4v) is 3.53. The van der Waals surface area contributed by atoms with Crippen LogP contribution in [0.3, 0.4) is 0 Å². The minimum atomic E-state index is -0.946. The molecule has 0 bridgehead atoms. The third-order valence-electron chi connectivity index (χ3n) is 5.37. The summed E-state index contributed by atoms with van der Waals surface area (Å²) in [6.07, 6.45) is 7.82. The topological polar surface area (TPSA) is 25.8 Å². The molecule has 0 aliphatic heterocycles. The minimum absolute atomic E-state index is 0.114. The molecule has 4 rings (SSSR count). The van der Waals surface area contributed by atoms with Crippen LogP contribution in [0, 0.1) is 35.1 Å². The summed E-state index contributed by atoms with van der Waals surface area (Å²) in [5.74, 6) is 2.38. The smallest absolute Gasteiger partial charge is 0.166 e. The average Bonchev–Trinajstić information content (AvgIpc) is 2.84. The summed E-state index contributed by atoms with van der Waals surface area (Å²) < 4.78 is 56.4. The molecule has 0 aliphatic rings. The Balaban J connectivity index is 1.48. The van der Waals surface area contributed by atoms with E-state index in [9.17, 15) is 17.6 Å². The van der Waals surface area contributed by atoms with Gasteiger partial charge in [0.2, 0.25) is 0 Å². The molecule has 0 unspecified atom stereocenters. The number of allylic oxidation sites excluding steroid dienone is 1. The predicted molar refractivity (Wildman–Crippen MR) is 124 cm³/mol. The Morgan fingerprint density at radius 1 is 0.765 bits per heavy atom. The lowest BCUT2D eigenvalue weighted by atomic mass is 10.0. The van der Waals surface area contributed by atoms with Crippen LogP contribution in [-0.4, -0.2) is 9.97 Å². The Morgan fingerprint density at radius 3 is 2.21 bits per heavy atom. The first-order valence-electron chi connectivity index (χ1n) is 10.7. The summed E-state index contributed by atoms with van der Waals surface area (Å²) >= 11 is 0. The highest BCUT2D eigenvalue weighted by molar-refractivity contribution is 5.84. The van der Waals surface area contributed by atoms with Gasteiger partial charge in [0.25, 0.3) is 0 Å². The molecule has 2 nitrogen and oxygen atoms in total. The summed E-state index contributed by atoms with van der Waals surface area (Å²) in [5, 5.41) is 0.556. The van der Waals surface area contributed by atoms with Crippen LogP contribution in [0.2, 0.25) is 0 Å². The van der Waals surface area contributed by atoms with Crippen LogP contribution in [0.5, 0.6) is 0 Å². The Labute approximate surface area is 195 Å². The standard InChI is InChI=1S/C28H20F4N2/c1-2-3-4-20-16-33-27(34-17-20)12-7-19-14-25(30)23(26(31)15-19)10-6-18-5-9-22-21(13-18)8-11-24(29)28(22)32/h2,5,8-9,11,13-17H,1,3-4,7,12H2. The van der Waals surface area contributed by atoms with Gasteiger partial charge in [-0.05, 0) is 66.1 Å². The molecule has 6 heteroatoms. The SMILES string of the molecule is C=CCCc1cnc(CCc2cc(F)c(C#Cc3ccc4c(F)c(F)ccc4c3)c(F)c2)nc1. The summed E-state index contributed by atoms with van der Waals surface area (Å²) in [7, 11) is 0. The lowest BCUT2D eigenvalue weighted by Crippen LogP contribution is -2.01. The van der Waals surface area contributed by atoms with Crippen LogP contribution in [0.25, 0.3) is 10.8 Å². The van der Waals surface area contributed by atoms with Gasteiger partial charge >= 0.3 is 0 Å². The van der Waals surface area contributed by atoms with Gasteiger partial charge in [0, 0.05) is 29.8 Å². The Hall–Kier alpha value is -3.98. The van der Waals surface area contributed by atoms with Crippen LogP contribution in [0.15, 0.2) is 67.5 Å². The van der Waals surface area contributed by atoms with Crippen molar-refractivity contribution in [1.82, 2.24) is 9.97 Å². The average molecular weight is 460 g/mol. The first kappa shape index (κ1) is 23.2. The van der Waals surface area contributed by atoms with Crippen LogP contribution < -0.4 is 0 Å². The largest absolute Gasteiger partial charge is 0.241 e.